The first-order valence-electron chi connectivity index (χ1n) is 4.13. The molecule has 0 fully saturated rings. The maximum Gasteiger partial charge on any atom is 0.0210 e. The fourth-order valence-corrected chi connectivity index (χ4v) is 1.77. The lowest BCUT2D eigenvalue weighted by Gasteiger charge is -2.17. The highest BCUT2D eigenvalue weighted by molar-refractivity contribution is 9.10. The molecule has 2 heteroatoms. The molecule has 0 unspecified atom stereocenters. The zero-order chi connectivity index (χ0) is 9.14. The maximum atomic E-state index is 5.82. The van der Waals surface area contributed by atoms with Gasteiger partial charge in [0.25, 0.3) is 0 Å². The van der Waals surface area contributed by atoms with Gasteiger partial charge in [-0.15, -0.1) is 0 Å². The largest absolute Gasteiger partial charge is 0.327 e. The Bertz CT molecular complexity index is 258. The van der Waals surface area contributed by atoms with E-state index in [9.17, 15) is 0 Å². The molecule has 0 saturated heterocycles. The number of hydrogen-bond acceptors (Lipinski definition) is 1. The molecule has 1 nitrogen and oxygen atoms in total. The van der Waals surface area contributed by atoms with Crippen LogP contribution in [0.5, 0.6) is 0 Å². The summed E-state index contributed by atoms with van der Waals surface area (Å²) in [4.78, 5) is 0. The zero-order valence-electron chi connectivity index (χ0n) is 7.42. The van der Waals surface area contributed by atoms with Crippen LogP contribution in [-0.2, 0) is 0 Å². The van der Waals surface area contributed by atoms with E-state index in [1.807, 2.05) is 25.1 Å². The molecular formula is C10H14BrN. The van der Waals surface area contributed by atoms with Gasteiger partial charge in [0, 0.05) is 10.5 Å². The van der Waals surface area contributed by atoms with Gasteiger partial charge in [0.15, 0.2) is 0 Å². The number of benzene rings is 1. The minimum Gasteiger partial charge on any atom is -0.327 e. The molecule has 0 bridgehead atoms. The molecule has 0 spiro atoms. The minimum absolute atomic E-state index is 0.198. The SMILES string of the molecule is C[C@H](c1ccccc1Br)[C@@H](C)N. The predicted molar refractivity (Wildman–Crippen MR) is 56.2 cm³/mol. The van der Waals surface area contributed by atoms with Gasteiger partial charge < -0.3 is 5.73 Å². The van der Waals surface area contributed by atoms with Crippen molar-refractivity contribution >= 4 is 15.9 Å². The third-order valence-corrected chi connectivity index (χ3v) is 2.91. The van der Waals surface area contributed by atoms with Crippen LogP contribution in [0.25, 0.3) is 0 Å². The van der Waals surface area contributed by atoms with Gasteiger partial charge in [0.1, 0.15) is 0 Å². The van der Waals surface area contributed by atoms with Gasteiger partial charge in [-0.05, 0) is 24.5 Å². The summed E-state index contributed by atoms with van der Waals surface area (Å²) in [7, 11) is 0. The molecule has 0 saturated carbocycles. The van der Waals surface area contributed by atoms with E-state index in [1.165, 1.54) is 5.56 Å². The second-order valence-corrected chi connectivity index (χ2v) is 4.02. The first-order chi connectivity index (χ1) is 5.63. The zero-order valence-corrected chi connectivity index (χ0v) is 9.01. The van der Waals surface area contributed by atoms with E-state index < -0.39 is 0 Å². The Morgan fingerprint density at radius 3 is 2.33 bits per heavy atom. The molecule has 0 aliphatic rings. The van der Waals surface area contributed by atoms with Crippen LogP contribution in [0.4, 0.5) is 0 Å². The Balaban J connectivity index is 2.94. The van der Waals surface area contributed by atoms with E-state index in [4.69, 9.17) is 5.73 Å². The molecule has 12 heavy (non-hydrogen) atoms. The van der Waals surface area contributed by atoms with Gasteiger partial charge in [-0.25, -0.2) is 0 Å². The van der Waals surface area contributed by atoms with Crippen molar-refractivity contribution in [2.75, 3.05) is 0 Å². The molecule has 2 N–H and O–H groups in total. The number of hydrogen-bond donors (Lipinski definition) is 1. The molecule has 1 aromatic rings. The Hall–Kier alpha value is -0.340. The van der Waals surface area contributed by atoms with E-state index in [-0.39, 0.29) is 6.04 Å². The third kappa shape index (κ3) is 2.08. The van der Waals surface area contributed by atoms with Crippen molar-refractivity contribution in [3.05, 3.63) is 34.3 Å². The van der Waals surface area contributed by atoms with Crippen molar-refractivity contribution in [1.29, 1.82) is 0 Å². The summed E-state index contributed by atoms with van der Waals surface area (Å²) in [6.45, 7) is 4.18. The number of nitrogens with two attached hydrogens (primary N) is 1. The Kier molecular flexibility index (Phi) is 3.29. The summed E-state index contributed by atoms with van der Waals surface area (Å²) < 4.78 is 1.15. The Morgan fingerprint density at radius 2 is 1.83 bits per heavy atom. The molecule has 0 aromatic heterocycles. The van der Waals surface area contributed by atoms with Crippen LogP contribution < -0.4 is 5.73 Å². The van der Waals surface area contributed by atoms with E-state index in [0.717, 1.165) is 4.47 Å². The van der Waals surface area contributed by atoms with E-state index in [0.29, 0.717) is 5.92 Å². The fourth-order valence-electron chi connectivity index (χ4n) is 1.13. The first-order valence-corrected chi connectivity index (χ1v) is 4.92. The van der Waals surface area contributed by atoms with Crippen molar-refractivity contribution < 1.29 is 0 Å². The third-order valence-electron chi connectivity index (χ3n) is 2.18. The van der Waals surface area contributed by atoms with Crippen LogP contribution in [0.3, 0.4) is 0 Å². The molecule has 1 rings (SSSR count). The van der Waals surface area contributed by atoms with Crippen LogP contribution in [0.15, 0.2) is 28.7 Å². The molecule has 0 aliphatic carbocycles. The summed E-state index contributed by atoms with van der Waals surface area (Å²) in [6, 6.07) is 8.41. The summed E-state index contributed by atoms with van der Waals surface area (Å²) in [5.41, 5.74) is 7.10. The maximum absolute atomic E-state index is 5.82. The van der Waals surface area contributed by atoms with Crippen LogP contribution in [0, 0.1) is 0 Å². The topological polar surface area (TPSA) is 26.0 Å². The smallest absolute Gasteiger partial charge is 0.0210 e. The average Bonchev–Trinajstić information content (AvgIpc) is 2.04. The standard InChI is InChI=1S/C10H14BrN/c1-7(8(2)12)9-5-3-4-6-10(9)11/h3-8H,12H2,1-2H3/t7-,8+/m0/s1. The summed E-state index contributed by atoms with van der Waals surface area (Å²) in [5, 5.41) is 0. The summed E-state index contributed by atoms with van der Waals surface area (Å²) in [5.74, 6) is 0.403. The van der Waals surface area contributed by atoms with Gasteiger partial charge >= 0.3 is 0 Å². The highest BCUT2D eigenvalue weighted by atomic mass is 79.9. The lowest BCUT2D eigenvalue weighted by atomic mass is 9.95. The van der Waals surface area contributed by atoms with Crippen molar-refractivity contribution in [2.45, 2.75) is 25.8 Å². The normalized spacial score (nSPS) is 15.7. The van der Waals surface area contributed by atoms with Crippen LogP contribution in [-0.4, -0.2) is 6.04 Å². The van der Waals surface area contributed by atoms with Gasteiger partial charge in [0.2, 0.25) is 0 Å². The van der Waals surface area contributed by atoms with Crippen LogP contribution in [0.2, 0.25) is 0 Å². The van der Waals surface area contributed by atoms with Crippen molar-refractivity contribution in [3.63, 3.8) is 0 Å². The van der Waals surface area contributed by atoms with Crippen molar-refractivity contribution in [1.82, 2.24) is 0 Å². The Labute approximate surface area is 82.1 Å². The quantitative estimate of drug-likeness (QED) is 0.827. The Morgan fingerprint density at radius 1 is 1.25 bits per heavy atom. The molecule has 66 valence electrons. The highest BCUT2D eigenvalue weighted by Crippen LogP contribution is 2.25. The predicted octanol–water partition coefficient (Wildman–Crippen LogP) is 2.90. The number of rotatable bonds is 2. The average molecular weight is 228 g/mol. The van der Waals surface area contributed by atoms with E-state index in [1.54, 1.807) is 0 Å². The molecule has 0 radical (unpaired) electrons. The van der Waals surface area contributed by atoms with Crippen molar-refractivity contribution in [2.24, 2.45) is 5.73 Å². The molecule has 0 amide bonds. The van der Waals surface area contributed by atoms with Gasteiger partial charge in [0.05, 0.1) is 0 Å². The van der Waals surface area contributed by atoms with Gasteiger partial charge in [-0.2, -0.15) is 0 Å². The molecule has 1 aromatic carbocycles. The summed E-state index contributed by atoms with van der Waals surface area (Å²) in [6.07, 6.45) is 0. The first kappa shape index (κ1) is 9.75. The minimum atomic E-state index is 0.198. The molecule has 2 atom stereocenters. The van der Waals surface area contributed by atoms with Crippen molar-refractivity contribution in [3.8, 4) is 0 Å². The molecule has 0 heterocycles. The monoisotopic (exact) mass is 227 g/mol. The lowest BCUT2D eigenvalue weighted by Crippen LogP contribution is -2.22. The van der Waals surface area contributed by atoms with Gasteiger partial charge in [-0.3, -0.25) is 0 Å². The van der Waals surface area contributed by atoms with Crippen LogP contribution >= 0.6 is 15.9 Å². The lowest BCUT2D eigenvalue weighted by molar-refractivity contribution is 0.611. The van der Waals surface area contributed by atoms with E-state index in [2.05, 4.69) is 28.9 Å². The van der Waals surface area contributed by atoms with Gasteiger partial charge in [-0.1, -0.05) is 41.1 Å². The fraction of sp³-hybridized carbons (Fsp3) is 0.400. The van der Waals surface area contributed by atoms with E-state index >= 15 is 0 Å². The summed E-state index contributed by atoms with van der Waals surface area (Å²) >= 11 is 3.51. The second kappa shape index (κ2) is 4.06. The van der Waals surface area contributed by atoms with Crippen LogP contribution in [0.1, 0.15) is 25.3 Å². The second-order valence-electron chi connectivity index (χ2n) is 3.17. The number of halogens is 1. The molecule has 0 aliphatic heterocycles. The highest BCUT2D eigenvalue weighted by Gasteiger charge is 2.11. The molecular weight excluding hydrogens is 214 g/mol.